The number of likely N-dealkylation sites (tertiary alicyclic amines) is 2. The van der Waals surface area contributed by atoms with E-state index in [1.165, 1.54) is 0 Å². The highest BCUT2D eigenvalue weighted by Gasteiger charge is 2.49. The quantitative estimate of drug-likeness (QED) is 0.174. The number of hydrogen-bond donors (Lipinski definition) is 2. The number of nitrogens with zero attached hydrogens (tertiary/aromatic N) is 2. The molecule has 13 nitrogen and oxygen atoms in total. The van der Waals surface area contributed by atoms with Crippen LogP contribution < -0.4 is 20.1 Å². The van der Waals surface area contributed by atoms with Gasteiger partial charge >= 0.3 is 11.9 Å². The summed E-state index contributed by atoms with van der Waals surface area (Å²) in [6, 6.07) is 14.2. The molecule has 0 aromatic heterocycles. The molecule has 2 aliphatic carbocycles. The first-order valence-corrected chi connectivity index (χ1v) is 22.0. The number of methoxy groups -OCH3 is 2. The van der Waals surface area contributed by atoms with Crippen molar-refractivity contribution in [1.82, 2.24) is 20.4 Å². The molecule has 2 aromatic rings. The van der Waals surface area contributed by atoms with Crippen LogP contribution in [0.4, 0.5) is 0 Å². The van der Waals surface area contributed by atoms with Gasteiger partial charge in [0.2, 0.25) is 11.8 Å². The number of nitrogens with one attached hydrogen (secondary N) is 2. The van der Waals surface area contributed by atoms with Crippen LogP contribution >= 0.6 is 0 Å². The van der Waals surface area contributed by atoms with Crippen molar-refractivity contribution in [2.45, 2.75) is 140 Å². The summed E-state index contributed by atoms with van der Waals surface area (Å²) < 4.78 is 28.6. The van der Waals surface area contributed by atoms with Gasteiger partial charge in [0.25, 0.3) is 0 Å². The topological polar surface area (TPSA) is 145 Å². The summed E-state index contributed by atoms with van der Waals surface area (Å²) in [6.07, 6.45) is 10.5. The number of hydrogen-bond acceptors (Lipinski definition) is 11. The average Bonchev–Trinajstić information content (AvgIpc) is 4.00. The van der Waals surface area contributed by atoms with Gasteiger partial charge in [-0.2, -0.15) is 0 Å². The van der Waals surface area contributed by atoms with E-state index in [9.17, 15) is 19.2 Å². The molecule has 2 saturated carbocycles. The first-order chi connectivity index (χ1) is 28.7. The zero-order chi connectivity index (χ0) is 41.7. The van der Waals surface area contributed by atoms with E-state index in [1.807, 2.05) is 48.5 Å². The summed E-state index contributed by atoms with van der Waals surface area (Å²) in [5.74, 6) is 0.512. The molecule has 324 valence electrons. The van der Waals surface area contributed by atoms with Gasteiger partial charge in [-0.25, -0.2) is 0 Å². The fourth-order valence-corrected chi connectivity index (χ4v) is 9.76. The zero-order valence-electron chi connectivity index (χ0n) is 35.5. The Kier molecular flexibility index (Phi) is 16.4. The summed E-state index contributed by atoms with van der Waals surface area (Å²) in [4.78, 5) is 58.0. The highest BCUT2D eigenvalue weighted by Crippen LogP contribution is 2.42. The van der Waals surface area contributed by atoms with E-state index >= 15 is 0 Å². The Morgan fingerprint density at radius 1 is 0.864 bits per heavy atom. The Labute approximate surface area is 350 Å². The van der Waals surface area contributed by atoms with Crippen molar-refractivity contribution in [3.63, 3.8) is 0 Å². The third kappa shape index (κ3) is 11.8. The molecule has 0 bridgehead atoms. The lowest BCUT2D eigenvalue weighted by Crippen LogP contribution is -2.56. The minimum atomic E-state index is -0.699. The smallest absolute Gasteiger partial charge is 0.323 e. The van der Waals surface area contributed by atoms with Crippen LogP contribution in [0.5, 0.6) is 11.5 Å². The number of carbonyl (C=O) groups is 4. The van der Waals surface area contributed by atoms with E-state index in [0.29, 0.717) is 43.9 Å². The number of fused-ring (bicyclic) bond motifs is 1. The Balaban J connectivity index is 0.952. The molecule has 0 spiro atoms. The predicted molar refractivity (Wildman–Crippen MR) is 223 cm³/mol. The number of esters is 2. The molecular formula is C46H66N4O9. The molecular weight excluding hydrogens is 753 g/mol. The van der Waals surface area contributed by atoms with E-state index in [4.69, 9.17) is 23.7 Å². The molecule has 13 heteroatoms. The second-order valence-electron chi connectivity index (χ2n) is 16.6. The van der Waals surface area contributed by atoms with E-state index < -0.39 is 18.1 Å². The highest BCUT2D eigenvalue weighted by molar-refractivity contribution is 5.91. The van der Waals surface area contributed by atoms with Crippen molar-refractivity contribution >= 4 is 23.8 Å². The summed E-state index contributed by atoms with van der Waals surface area (Å²) in [5, 5.41) is 6.20. The number of rotatable bonds is 20. The molecule has 2 aromatic carbocycles. The fraction of sp³-hybridized carbons (Fsp3) is 0.652. The Bertz CT molecular complexity index is 1690. The van der Waals surface area contributed by atoms with Crippen molar-refractivity contribution in [2.75, 3.05) is 47.1 Å². The lowest BCUT2D eigenvalue weighted by molar-refractivity contribution is -0.149. The van der Waals surface area contributed by atoms with Gasteiger partial charge in [-0.3, -0.25) is 29.4 Å². The maximum Gasteiger partial charge on any atom is 0.323 e. The second-order valence-corrected chi connectivity index (χ2v) is 16.6. The minimum Gasteiger partial charge on any atom is -0.493 e. The van der Waals surface area contributed by atoms with Gasteiger partial charge in [0.05, 0.1) is 46.0 Å². The molecule has 6 rings (SSSR count). The summed E-state index contributed by atoms with van der Waals surface area (Å²) in [5.41, 5.74) is 2.23. The van der Waals surface area contributed by atoms with Gasteiger partial charge in [-0.05, 0) is 101 Å². The molecule has 2 saturated heterocycles. The van der Waals surface area contributed by atoms with Crippen LogP contribution in [0.3, 0.4) is 0 Å². The summed E-state index contributed by atoms with van der Waals surface area (Å²) in [7, 11) is 3.28. The van der Waals surface area contributed by atoms with E-state index in [1.54, 1.807) is 33.0 Å². The van der Waals surface area contributed by atoms with Crippen molar-refractivity contribution in [3.8, 4) is 11.5 Å². The van der Waals surface area contributed by atoms with Crippen LogP contribution in [0.2, 0.25) is 0 Å². The molecule has 8 atom stereocenters. The van der Waals surface area contributed by atoms with Crippen molar-refractivity contribution < 1.29 is 42.9 Å². The summed E-state index contributed by atoms with van der Waals surface area (Å²) >= 11 is 0. The largest absolute Gasteiger partial charge is 0.493 e. The first kappa shape index (κ1) is 44.4. The van der Waals surface area contributed by atoms with E-state index in [0.717, 1.165) is 75.5 Å². The normalized spacial score (nSPS) is 25.2. The fourth-order valence-electron chi connectivity index (χ4n) is 9.76. The summed E-state index contributed by atoms with van der Waals surface area (Å²) in [6.45, 7) is 6.06. The van der Waals surface area contributed by atoms with Gasteiger partial charge in [0, 0.05) is 31.7 Å². The first-order valence-electron chi connectivity index (χ1n) is 22.0. The number of amides is 2. The van der Waals surface area contributed by atoms with E-state index in [2.05, 4.69) is 15.5 Å². The van der Waals surface area contributed by atoms with Crippen molar-refractivity contribution in [1.29, 1.82) is 0 Å². The maximum atomic E-state index is 14.1. The molecule has 2 aliphatic heterocycles. The molecule has 2 amide bonds. The van der Waals surface area contributed by atoms with Gasteiger partial charge in [0.1, 0.15) is 18.2 Å². The molecule has 4 aliphatic rings. The second kappa shape index (κ2) is 21.9. The predicted octanol–water partition coefficient (Wildman–Crippen LogP) is 5.01. The monoisotopic (exact) mass is 818 g/mol. The standard InChI is InChI=1S/C46H66N4O9/c1-5-57-46(54)36(20-18-32-12-7-6-8-13-32)48-31(2)45(53)50-37-16-11-14-34(37)29-39(50)44(52)47-25-22-43(51)59-35-23-26-49(30-35)38-15-9-10-17-40(38)58-27-24-33-19-21-41(55-3)42(28-33)56-4/h6-8,12-13,19,21,28,31,34-40,48H,5,9-11,14-18,20,22-27,29-30H2,1-4H3,(H,47,52)/t31-,34-,35-,36-,37-,38-,39-,40-/m1/s1. The Hall–Kier alpha value is -4.20. The van der Waals surface area contributed by atoms with Crippen LogP contribution in [-0.4, -0.2) is 123 Å². The third-order valence-electron chi connectivity index (χ3n) is 12.8. The van der Waals surface area contributed by atoms with Crippen LogP contribution in [-0.2, 0) is 46.2 Å². The Morgan fingerprint density at radius 3 is 2.42 bits per heavy atom. The molecule has 0 unspecified atom stereocenters. The van der Waals surface area contributed by atoms with Crippen LogP contribution in [0, 0.1) is 5.92 Å². The molecule has 2 heterocycles. The molecule has 2 N–H and O–H groups in total. The van der Waals surface area contributed by atoms with Gasteiger partial charge in [-0.1, -0.05) is 55.7 Å². The van der Waals surface area contributed by atoms with Crippen LogP contribution in [0.25, 0.3) is 0 Å². The number of aryl methyl sites for hydroxylation is 1. The third-order valence-corrected chi connectivity index (χ3v) is 12.8. The van der Waals surface area contributed by atoms with Crippen molar-refractivity contribution in [3.05, 3.63) is 59.7 Å². The van der Waals surface area contributed by atoms with Crippen molar-refractivity contribution in [2.24, 2.45) is 5.92 Å². The van der Waals surface area contributed by atoms with E-state index in [-0.39, 0.29) is 73.5 Å². The minimum absolute atomic E-state index is 0.0186. The number of carbonyl (C=O) groups excluding carboxylic acids is 4. The maximum absolute atomic E-state index is 14.1. The lowest BCUT2D eigenvalue weighted by atomic mass is 9.91. The SMILES string of the molecule is CCOC(=O)[C@@H](CCc1ccccc1)N[C@H](C)C(=O)N1[C@@H](C(=O)NCCC(=O)O[C@@H]2CCN([C@@H]3CCCC[C@H]3OCCc3ccc(OC)c(OC)c3)C2)C[C@H]2CCC[C@H]21. The molecule has 4 fully saturated rings. The van der Waals surface area contributed by atoms with Crippen LogP contribution in [0.1, 0.15) is 95.6 Å². The average molecular weight is 819 g/mol. The zero-order valence-corrected chi connectivity index (χ0v) is 35.5. The number of ether oxygens (including phenoxy) is 5. The lowest BCUT2D eigenvalue weighted by Gasteiger charge is -2.37. The Morgan fingerprint density at radius 2 is 1.64 bits per heavy atom. The van der Waals surface area contributed by atoms with Gasteiger partial charge in [0.15, 0.2) is 11.5 Å². The van der Waals surface area contributed by atoms with Crippen LogP contribution in [0.15, 0.2) is 48.5 Å². The molecule has 0 radical (unpaired) electrons. The molecule has 59 heavy (non-hydrogen) atoms. The number of benzene rings is 2. The van der Waals surface area contributed by atoms with Gasteiger partial charge < -0.3 is 33.9 Å². The highest BCUT2D eigenvalue weighted by atomic mass is 16.5. The van der Waals surface area contributed by atoms with Gasteiger partial charge in [-0.15, -0.1) is 0 Å².